The summed E-state index contributed by atoms with van der Waals surface area (Å²) in [5.41, 5.74) is 4.69. The number of aromatic nitrogens is 1. The van der Waals surface area contributed by atoms with Crippen molar-refractivity contribution in [2.75, 3.05) is 19.9 Å². The first-order valence-electron chi connectivity index (χ1n) is 9.16. The number of aromatic amines is 1. The van der Waals surface area contributed by atoms with Gasteiger partial charge in [-0.3, -0.25) is 0 Å². The summed E-state index contributed by atoms with van der Waals surface area (Å²) in [6, 6.07) is 12.1. The van der Waals surface area contributed by atoms with E-state index in [2.05, 4.69) is 40.7 Å². The van der Waals surface area contributed by atoms with Gasteiger partial charge in [-0.15, -0.1) is 0 Å². The van der Waals surface area contributed by atoms with Gasteiger partial charge >= 0.3 is 6.03 Å². The van der Waals surface area contributed by atoms with Crippen LogP contribution in [-0.4, -0.2) is 30.9 Å². The van der Waals surface area contributed by atoms with E-state index in [1.54, 1.807) is 0 Å². The van der Waals surface area contributed by atoms with Crippen LogP contribution in [0.5, 0.6) is 11.5 Å². The van der Waals surface area contributed by atoms with Crippen LogP contribution in [-0.2, 0) is 12.8 Å². The summed E-state index contributed by atoms with van der Waals surface area (Å²) >= 11 is 0. The Morgan fingerprint density at radius 3 is 2.74 bits per heavy atom. The highest BCUT2D eigenvalue weighted by atomic mass is 16.7. The number of fused-ring (bicyclic) bond motifs is 2. The van der Waals surface area contributed by atoms with E-state index < -0.39 is 0 Å². The van der Waals surface area contributed by atoms with Crippen molar-refractivity contribution in [1.82, 2.24) is 15.6 Å². The van der Waals surface area contributed by atoms with E-state index >= 15 is 0 Å². The van der Waals surface area contributed by atoms with E-state index in [4.69, 9.17) is 9.47 Å². The summed E-state index contributed by atoms with van der Waals surface area (Å²) in [6.45, 7) is 3.51. The maximum Gasteiger partial charge on any atom is 0.314 e. The van der Waals surface area contributed by atoms with Crippen molar-refractivity contribution in [3.05, 3.63) is 59.3 Å². The number of carbonyl (C=O) groups is 1. The van der Waals surface area contributed by atoms with Crippen LogP contribution in [0.25, 0.3) is 10.9 Å². The van der Waals surface area contributed by atoms with Gasteiger partial charge in [0.1, 0.15) is 0 Å². The molecular formula is C21H23N3O3. The molecule has 0 unspecified atom stereocenters. The van der Waals surface area contributed by atoms with E-state index in [0.29, 0.717) is 13.1 Å². The Bertz CT molecular complexity index is 964. The van der Waals surface area contributed by atoms with Gasteiger partial charge in [0, 0.05) is 30.2 Å². The lowest BCUT2D eigenvalue weighted by atomic mass is 10.1. The Hall–Kier alpha value is -3.15. The molecule has 2 aromatic carbocycles. The number of hydrogen-bond donors (Lipinski definition) is 3. The number of aryl methyl sites for hydroxylation is 1. The highest BCUT2D eigenvalue weighted by molar-refractivity contribution is 5.83. The number of nitrogens with one attached hydrogen (secondary N) is 3. The molecule has 0 saturated carbocycles. The van der Waals surface area contributed by atoms with Crippen LogP contribution in [0.1, 0.15) is 16.7 Å². The molecule has 0 saturated heterocycles. The monoisotopic (exact) mass is 365 g/mol. The Morgan fingerprint density at radius 1 is 1.04 bits per heavy atom. The molecule has 27 heavy (non-hydrogen) atoms. The number of rotatable bonds is 6. The van der Waals surface area contributed by atoms with Crippen molar-refractivity contribution in [2.45, 2.75) is 19.8 Å². The van der Waals surface area contributed by atoms with Crippen molar-refractivity contribution < 1.29 is 14.3 Å². The third-order valence-corrected chi connectivity index (χ3v) is 4.74. The van der Waals surface area contributed by atoms with Crippen molar-refractivity contribution in [1.29, 1.82) is 0 Å². The maximum absolute atomic E-state index is 12.0. The average molecular weight is 365 g/mol. The Balaban J connectivity index is 1.20. The zero-order valence-corrected chi connectivity index (χ0v) is 15.3. The van der Waals surface area contributed by atoms with E-state index in [1.165, 1.54) is 16.5 Å². The molecule has 3 N–H and O–H groups in total. The SMILES string of the molecule is Cc1ccc2c(CCNC(=O)NCCc3ccc4c(c3)OCO4)c[nH]c2c1. The molecular weight excluding hydrogens is 342 g/mol. The second-order valence-electron chi connectivity index (χ2n) is 6.73. The minimum absolute atomic E-state index is 0.147. The van der Waals surface area contributed by atoms with Crippen molar-refractivity contribution in [3.8, 4) is 11.5 Å². The minimum Gasteiger partial charge on any atom is -0.454 e. The van der Waals surface area contributed by atoms with Crippen LogP contribution in [0.4, 0.5) is 4.79 Å². The van der Waals surface area contributed by atoms with Gasteiger partial charge in [-0.05, 0) is 54.7 Å². The molecule has 1 aromatic heterocycles. The number of ether oxygens (including phenoxy) is 2. The smallest absolute Gasteiger partial charge is 0.314 e. The number of amides is 2. The molecule has 3 aromatic rings. The molecule has 6 nitrogen and oxygen atoms in total. The zero-order valence-electron chi connectivity index (χ0n) is 15.3. The predicted octanol–water partition coefficient (Wildman–Crippen LogP) is 3.29. The highest BCUT2D eigenvalue weighted by Crippen LogP contribution is 2.32. The van der Waals surface area contributed by atoms with Gasteiger partial charge in [-0.25, -0.2) is 4.79 Å². The first-order valence-corrected chi connectivity index (χ1v) is 9.16. The van der Waals surface area contributed by atoms with Gasteiger partial charge in [0.25, 0.3) is 0 Å². The molecule has 0 fully saturated rings. The molecule has 0 spiro atoms. The first-order chi connectivity index (χ1) is 13.2. The largest absolute Gasteiger partial charge is 0.454 e. The van der Waals surface area contributed by atoms with Gasteiger partial charge in [0.05, 0.1) is 0 Å². The summed E-state index contributed by atoms with van der Waals surface area (Å²) in [7, 11) is 0. The highest BCUT2D eigenvalue weighted by Gasteiger charge is 2.13. The quantitative estimate of drug-likeness (QED) is 0.627. The third kappa shape index (κ3) is 4.00. The lowest BCUT2D eigenvalue weighted by Gasteiger charge is -2.08. The topological polar surface area (TPSA) is 75.4 Å². The molecule has 140 valence electrons. The van der Waals surface area contributed by atoms with Gasteiger partial charge < -0.3 is 25.1 Å². The van der Waals surface area contributed by atoms with Crippen LogP contribution in [0.3, 0.4) is 0 Å². The predicted molar refractivity (Wildman–Crippen MR) is 104 cm³/mol. The lowest BCUT2D eigenvalue weighted by Crippen LogP contribution is -2.37. The van der Waals surface area contributed by atoms with Crippen LogP contribution in [0, 0.1) is 6.92 Å². The van der Waals surface area contributed by atoms with Crippen molar-refractivity contribution in [2.24, 2.45) is 0 Å². The number of H-pyrrole nitrogens is 1. The number of hydrogen-bond acceptors (Lipinski definition) is 3. The Kier molecular flexibility index (Phi) is 4.87. The molecule has 0 radical (unpaired) electrons. The molecule has 0 atom stereocenters. The van der Waals surface area contributed by atoms with Crippen LogP contribution in [0.15, 0.2) is 42.6 Å². The molecule has 1 aliphatic rings. The molecule has 4 rings (SSSR count). The van der Waals surface area contributed by atoms with E-state index in [-0.39, 0.29) is 12.8 Å². The second-order valence-corrected chi connectivity index (χ2v) is 6.73. The maximum atomic E-state index is 12.0. The van der Waals surface area contributed by atoms with Gasteiger partial charge in [-0.2, -0.15) is 0 Å². The van der Waals surface area contributed by atoms with E-state index in [9.17, 15) is 4.79 Å². The Morgan fingerprint density at radius 2 is 1.85 bits per heavy atom. The van der Waals surface area contributed by atoms with Crippen LogP contribution >= 0.6 is 0 Å². The Labute approximate surface area is 157 Å². The second kappa shape index (κ2) is 7.61. The van der Waals surface area contributed by atoms with E-state index in [1.807, 2.05) is 24.4 Å². The fourth-order valence-corrected chi connectivity index (χ4v) is 3.30. The third-order valence-electron chi connectivity index (χ3n) is 4.74. The first kappa shape index (κ1) is 17.3. The van der Waals surface area contributed by atoms with Crippen molar-refractivity contribution >= 4 is 16.9 Å². The van der Waals surface area contributed by atoms with Gasteiger partial charge in [0.2, 0.25) is 6.79 Å². The van der Waals surface area contributed by atoms with Gasteiger partial charge in [-0.1, -0.05) is 18.2 Å². The molecule has 6 heteroatoms. The molecule has 0 bridgehead atoms. The standard InChI is InChI=1S/C21H23N3O3/c1-14-2-4-17-16(12-24-18(17)10-14)7-9-23-21(25)22-8-6-15-3-5-19-20(11-15)27-13-26-19/h2-5,10-12,24H,6-9,13H2,1H3,(H2,22,23,25). The lowest BCUT2D eigenvalue weighted by molar-refractivity contribution is 0.174. The summed E-state index contributed by atoms with van der Waals surface area (Å²) in [5, 5.41) is 7.02. The zero-order chi connectivity index (χ0) is 18.6. The molecule has 2 amide bonds. The normalized spacial score (nSPS) is 12.3. The van der Waals surface area contributed by atoms with Crippen LogP contribution in [0.2, 0.25) is 0 Å². The van der Waals surface area contributed by atoms with Gasteiger partial charge in [0.15, 0.2) is 11.5 Å². The fraction of sp³-hybridized carbons (Fsp3) is 0.286. The van der Waals surface area contributed by atoms with Crippen LogP contribution < -0.4 is 20.1 Å². The average Bonchev–Trinajstić information content (AvgIpc) is 3.28. The fourth-order valence-electron chi connectivity index (χ4n) is 3.30. The summed E-state index contributed by atoms with van der Waals surface area (Å²) in [4.78, 5) is 15.3. The van der Waals surface area contributed by atoms with E-state index in [0.717, 1.165) is 35.4 Å². The molecule has 2 heterocycles. The molecule has 1 aliphatic heterocycles. The number of benzene rings is 2. The van der Waals surface area contributed by atoms with Crippen molar-refractivity contribution in [3.63, 3.8) is 0 Å². The number of carbonyl (C=O) groups excluding carboxylic acids is 1. The minimum atomic E-state index is -0.147. The summed E-state index contributed by atoms with van der Waals surface area (Å²) in [6.07, 6.45) is 3.55. The number of urea groups is 1. The summed E-state index contributed by atoms with van der Waals surface area (Å²) in [5.74, 6) is 1.54. The summed E-state index contributed by atoms with van der Waals surface area (Å²) < 4.78 is 10.7. The molecule has 0 aliphatic carbocycles.